The molecule has 0 fully saturated rings. The van der Waals surface area contributed by atoms with E-state index in [-0.39, 0.29) is 28.4 Å². The Morgan fingerprint density at radius 3 is 2.58 bits per heavy atom. The molecule has 0 spiro atoms. The first-order valence-corrected chi connectivity index (χ1v) is 10.6. The predicted octanol–water partition coefficient (Wildman–Crippen LogP) is 5.17. The lowest BCUT2D eigenvalue weighted by molar-refractivity contribution is 0.0787. The molecule has 3 heterocycles. The number of amides is 1. The highest BCUT2D eigenvalue weighted by Gasteiger charge is 2.30. The van der Waals surface area contributed by atoms with E-state index in [4.69, 9.17) is 0 Å². The lowest BCUT2D eigenvalue weighted by atomic mass is 10.0. The minimum atomic E-state index is -1.75. The number of pyridine rings is 1. The Morgan fingerprint density at radius 1 is 1.12 bits per heavy atom. The van der Waals surface area contributed by atoms with E-state index in [0.717, 1.165) is 24.0 Å². The topological polar surface area (TPSA) is 71.0 Å². The molecule has 1 N–H and O–H groups in total. The molecule has 0 saturated heterocycles. The van der Waals surface area contributed by atoms with Gasteiger partial charge in [0.15, 0.2) is 0 Å². The Balaban J connectivity index is 1.64. The number of fused-ring (bicyclic) bond motifs is 1. The lowest BCUT2D eigenvalue weighted by Gasteiger charge is -2.19. The number of alkyl halides is 1. The van der Waals surface area contributed by atoms with Crippen molar-refractivity contribution >= 4 is 11.7 Å². The van der Waals surface area contributed by atoms with Crippen LogP contribution in [0.15, 0.2) is 36.8 Å². The van der Waals surface area contributed by atoms with Crippen LogP contribution in [0.1, 0.15) is 60.9 Å². The maximum Gasteiger partial charge on any atom is 0.254 e. The Hall–Kier alpha value is -3.49. The molecule has 6 nitrogen and oxygen atoms in total. The molecular weight excluding hydrogens is 431 g/mol. The molecule has 172 valence electrons. The fourth-order valence-electron chi connectivity index (χ4n) is 3.87. The Kier molecular flexibility index (Phi) is 5.82. The molecule has 0 saturated carbocycles. The van der Waals surface area contributed by atoms with Gasteiger partial charge in [0.1, 0.15) is 29.4 Å². The summed E-state index contributed by atoms with van der Waals surface area (Å²) in [6.45, 7) is 7.20. The molecular formula is C24H24F3N5O. The normalized spacial score (nSPS) is 14.4. The number of nitrogens with one attached hydrogen (secondary N) is 1. The summed E-state index contributed by atoms with van der Waals surface area (Å²) in [6, 6.07) is 4.48. The molecule has 0 aliphatic carbocycles. The number of carbonyl (C=O) groups excluding carboxylic acids is 1. The number of carbonyl (C=O) groups is 1. The smallest absolute Gasteiger partial charge is 0.254 e. The van der Waals surface area contributed by atoms with Crippen LogP contribution in [0.25, 0.3) is 11.3 Å². The van der Waals surface area contributed by atoms with Crippen LogP contribution in [0.5, 0.6) is 0 Å². The van der Waals surface area contributed by atoms with Crippen molar-refractivity contribution < 1.29 is 18.0 Å². The number of anilines is 1. The summed E-state index contributed by atoms with van der Waals surface area (Å²) in [5.74, 6) is -0.962. The highest BCUT2D eigenvalue weighted by Crippen LogP contribution is 2.33. The van der Waals surface area contributed by atoms with Gasteiger partial charge in [-0.3, -0.25) is 4.79 Å². The second kappa shape index (κ2) is 8.46. The average Bonchev–Trinajstić information content (AvgIpc) is 3.11. The van der Waals surface area contributed by atoms with Crippen molar-refractivity contribution in [3.05, 3.63) is 70.8 Å². The summed E-state index contributed by atoms with van der Waals surface area (Å²) in [5.41, 5.74) is -0.286. The van der Waals surface area contributed by atoms with E-state index in [1.165, 1.54) is 26.1 Å². The Morgan fingerprint density at radius 2 is 1.88 bits per heavy atom. The maximum absolute atomic E-state index is 15.0. The van der Waals surface area contributed by atoms with Crippen molar-refractivity contribution in [2.24, 2.45) is 0 Å². The molecule has 3 aromatic rings. The van der Waals surface area contributed by atoms with E-state index in [9.17, 15) is 13.6 Å². The van der Waals surface area contributed by atoms with Crippen LogP contribution in [0.4, 0.5) is 19.0 Å². The standard InChI is InChI=1S/C24H24F3N5O/c1-5-32-11-17-14(23(32)33)6-7-28-22(17)31-13(2)15-8-19(26)16(9-18(15)25)20-10-21(24(3,4)27)30-12-29-20/h6-10,12-13H,5,11H2,1-4H3,(H,28,31). The molecule has 4 rings (SSSR count). The zero-order valence-electron chi connectivity index (χ0n) is 18.8. The third-order valence-corrected chi connectivity index (χ3v) is 5.76. The van der Waals surface area contributed by atoms with Gasteiger partial charge in [0.25, 0.3) is 5.91 Å². The van der Waals surface area contributed by atoms with Crippen molar-refractivity contribution in [1.82, 2.24) is 19.9 Å². The molecule has 1 aromatic carbocycles. The number of nitrogens with zero attached hydrogens (tertiary/aromatic N) is 4. The Labute approximate surface area is 189 Å². The van der Waals surface area contributed by atoms with Crippen molar-refractivity contribution in [3.8, 4) is 11.3 Å². The number of halogens is 3. The Bertz CT molecular complexity index is 1230. The summed E-state index contributed by atoms with van der Waals surface area (Å²) < 4.78 is 44.3. The van der Waals surface area contributed by atoms with E-state index < -0.39 is 23.3 Å². The van der Waals surface area contributed by atoms with Gasteiger partial charge in [0.2, 0.25) is 0 Å². The van der Waals surface area contributed by atoms with E-state index in [2.05, 4.69) is 20.3 Å². The molecule has 1 unspecified atom stereocenters. The minimum Gasteiger partial charge on any atom is -0.363 e. The zero-order valence-corrected chi connectivity index (χ0v) is 18.8. The van der Waals surface area contributed by atoms with Gasteiger partial charge in [-0.25, -0.2) is 28.1 Å². The van der Waals surface area contributed by atoms with Crippen molar-refractivity contribution in [3.63, 3.8) is 0 Å². The second-order valence-electron chi connectivity index (χ2n) is 8.49. The third kappa shape index (κ3) is 4.27. The quantitative estimate of drug-likeness (QED) is 0.555. The fraction of sp³-hybridized carbons (Fsp3) is 0.333. The number of hydrogen-bond donors (Lipinski definition) is 1. The first-order chi connectivity index (χ1) is 15.6. The van der Waals surface area contributed by atoms with Crippen molar-refractivity contribution in [2.75, 3.05) is 11.9 Å². The van der Waals surface area contributed by atoms with Crippen molar-refractivity contribution in [2.45, 2.75) is 46.0 Å². The van der Waals surface area contributed by atoms with Gasteiger partial charge in [-0.15, -0.1) is 0 Å². The summed E-state index contributed by atoms with van der Waals surface area (Å²) in [4.78, 5) is 26.3. The first-order valence-electron chi connectivity index (χ1n) is 10.6. The van der Waals surface area contributed by atoms with Crippen LogP contribution >= 0.6 is 0 Å². The van der Waals surface area contributed by atoms with E-state index in [1.54, 1.807) is 17.9 Å². The van der Waals surface area contributed by atoms with Gasteiger partial charge < -0.3 is 10.2 Å². The average molecular weight is 455 g/mol. The minimum absolute atomic E-state index is 0.0751. The van der Waals surface area contributed by atoms with E-state index in [0.29, 0.717) is 24.5 Å². The predicted molar refractivity (Wildman–Crippen MR) is 118 cm³/mol. The van der Waals surface area contributed by atoms with Gasteiger partial charge in [-0.1, -0.05) is 0 Å². The third-order valence-electron chi connectivity index (χ3n) is 5.76. The molecule has 33 heavy (non-hydrogen) atoms. The van der Waals surface area contributed by atoms with Crippen LogP contribution in [-0.4, -0.2) is 32.3 Å². The SMILES string of the molecule is CCN1Cc2c(ccnc2NC(C)c2cc(F)c(-c3cc(C(C)(C)F)ncn3)cc2F)C1=O. The van der Waals surface area contributed by atoms with Crippen LogP contribution in [0, 0.1) is 11.6 Å². The summed E-state index contributed by atoms with van der Waals surface area (Å²) in [6.07, 6.45) is 2.65. The number of hydrogen-bond acceptors (Lipinski definition) is 5. The second-order valence-corrected chi connectivity index (χ2v) is 8.49. The van der Waals surface area contributed by atoms with E-state index in [1.807, 2.05) is 6.92 Å². The monoisotopic (exact) mass is 455 g/mol. The van der Waals surface area contributed by atoms with Gasteiger partial charge in [0, 0.05) is 35.0 Å². The van der Waals surface area contributed by atoms with Crippen LogP contribution in [0.2, 0.25) is 0 Å². The van der Waals surface area contributed by atoms with Gasteiger partial charge in [-0.2, -0.15) is 0 Å². The molecule has 1 atom stereocenters. The fourth-order valence-corrected chi connectivity index (χ4v) is 3.87. The summed E-state index contributed by atoms with van der Waals surface area (Å²) in [5, 5.41) is 3.11. The van der Waals surface area contributed by atoms with Crippen LogP contribution in [0.3, 0.4) is 0 Å². The molecule has 1 amide bonds. The lowest BCUT2D eigenvalue weighted by Crippen LogP contribution is -2.22. The van der Waals surface area contributed by atoms with Gasteiger partial charge >= 0.3 is 0 Å². The zero-order chi connectivity index (χ0) is 23.9. The number of aromatic nitrogens is 3. The van der Waals surface area contributed by atoms with Gasteiger partial charge in [0.05, 0.1) is 24.0 Å². The van der Waals surface area contributed by atoms with Crippen LogP contribution < -0.4 is 5.32 Å². The highest BCUT2D eigenvalue weighted by atomic mass is 19.1. The molecule has 1 aliphatic heterocycles. The summed E-state index contributed by atoms with van der Waals surface area (Å²) >= 11 is 0. The number of rotatable bonds is 6. The largest absolute Gasteiger partial charge is 0.363 e. The highest BCUT2D eigenvalue weighted by molar-refractivity contribution is 5.99. The van der Waals surface area contributed by atoms with Crippen LogP contribution in [-0.2, 0) is 12.2 Å². The molecule has 0 radical (unpaired) electrons. The molecule has 0 bridgehead atoms. The number of benzene rings is 1. The van der Waals surface area contributed by atoms with Gasteiger partial charge in [-0.05, 0) is 52.0 Å². The first kappa shape index (κ1) is 22.7. The molecule has 9 heteroatoms. The maximum atomic E-state index is 15.0. The van der Waals surface area contributed by atoms with Crippen molar-refractivity contribution in [1.29, 1.82) is 0 Å². The summed E-state index contributed by atoms with van der Waals surface area (Å²) in [7, 11) is 0. The molecule has 2 aromatic heterocycles. The van der Waals surface area contributed by atoms with E-state index >= 15 is 4.39 Å². The molecule has 1 aliphatic rings.